The van der Waals surface area contributed by atoms with Crippen molar-refractivity contribution in [3.05, 3.63) is 30.1 Å². The monoisotopic (exact) mass is 317 g/mol. The van der Waals surface area contributed by atoms with Gasteiger partial charge in [-0.3, -0.25) is 14.6 Å². The molecule has 6 heteroatoms. The summed E-state index contributed by atoms with van der Waals surface area (Å²) in [5, 5.41) is 2.96. The molecule has 0 spiro atoms. The topological polar surface area (TPSA) is 71.5 Å². The fourth-order valence-electron chi connectivity index (χ4n) is 3.17. The second-order valence-corrected chi connectivity index (χ2v) is 6.22. The zero-order valence-electron chi connectivity index (χ0n) is 13.2. The van der Waals surface area contributed by atoms with Crippen LogP contribution in [0, 0.1) is 5.92 Å². The lowest BCUT2D eigenvalue weighted by Gasteiger charge is -2.33. The van der Waals surface area contributed by atoms with Gasteiger partial charge in [0, 0.05) is 38.6 Å². The van der Waals surface area contributed by atoms with Crippen molar-refractivity contribution in [3.63, 3.8) is 0 Å². The van der Waals surface area contributed by atoms with E-state index in [2.05, 4.69) is 10.3 Å². The number of ether oxygens (including phenoxy) is 1. The summed E-state index contributed by atoms with van der Waals surface area (Å²) < 4.78 is 5.47. The lowest BCUT2D eigenvalue weighted by molar-refractivity contribution is -0.142. The van der Waals surface area contributed by atoms with E-state index in [0.29, 0.717) is 24.6 Å². The third-order valence-corrected chi connectivity index (χ3v) is 4.61. The Morgan fingerprint density at radius 2 is 2.13 bits per heavy atom. The van der Waals surface area contributed by atoms with Crippen LogP contribution in [0.4, 0.5) is 0 Å². The van der Waals surface area contributed by atoms with Gasteiger partial charge in [-0.2, -0.15) is 0 Å². The Hall–Kier alpha value is -1.95. The number of nitrogens with zero attached hydrogens (tertiary/aromatic N) is 2. The number of hydrogen-bond donors (Lipinski definition) is 1. The zero-order chi connectivity index (χ0) is 16.1. The summed E-state index contributed by atoms with van der Waals surface area (Å²) in [5.74, 6) is 0.473. The molecule has 0 aliphatic carbocycles. The van der Waals surface area contributed by atoms with Crippen molar-refractivity contribution in [2.24, 2.45) is 5.92 Å². The van der Waals surface area contributed by atoms with Crippen LogP contribution in [0.15, 0.2) is 24.5 Å². The van der Waals surface area contributed by atoms with Crippen molar-refractivity contribution in [2.45, 2.75) is 31.8 Å². The van der Waals surface area contributed by atoms with Gasteiger partial charge in [0.1, 0.15) is 6.10 Å². The van der Waals surface area contributed by atoms with E-state index >= 15 is 0 Å². The van der Waals surface area contributed by atoms with Crippen LogP contribution in [0.3, 0.4) is 0 Å². The largest absolute Gasteiger partial charge is 0.368 e. The molecular weight excluding hydrogens is 294 g/mol. The number of carbonyl (C=O) groups is 2. The van der Waals surface area contributed by atoms with E-state index in [9.17, 15) is 9.59 Å². The molecular formula is C17H23N3O3. The maximum absolute atomic E-state index is 12.3. The molecule has 124 valence electrons. The van der Waals surface area contributed by atoms with Crippen molar-refractivity contribution in [3.8, 4) is 0 Å². The van der Waals surface area contributed by atoms with Crippen LogP contribution in [0.5, 0.6) is 0 Å². The van der Waals surface area contributed by atoms with Gasteiger partial charge in [-0.15, -0.1) is 0 Å². The average molecular weight is 317 g/mol. The highest BCUT2D eigenvalue weighted by molar-refractivity contribution is 5.93. The summed E-state index contributed by atoms with van der Waals surface area (Å²) in [4.78, 5) is 30.1. The first kappa shape index (κ1) is 15.9. The molecule has 2 aliphatic heterocycles. The molecule has 0 aromatic carbocycles. The number of carbonyl (C=O) groups excluding carboxylic acids is 2. The van der Waals surface area contributed by atoms with Crippen molar-refractivity contribution >= 4 is 11.8 Å². The quantitative estimate of drug-likeness (QED) is 0.906. The summed E-state index contributed by atoms with van der Waals surface area (Å²) in [7, 11) is 0. The predicted octanol–water partition coefficient (Wildman–Crippen LogP) is 1.23. The van der Waals surface area contributed by atoms with Crippen molar-refractivity contribution in [2.75, 3.05) is 26.2 Å². The molecule has 3 heterocycles. The Labute approximate surface area is 136 Å². The van der Waals surface area contributed by atoms with Crippen LogP contribution >= 0.6 is 0 Å². The summed E-state index contributed by atoms with van der Waals surface area (Å²) in [6.45, 7) is 2.86. The van der Waals surface area contributed by atoms with E-state index in [0.717, 1.165) is 38.8 Å². The van der Waals surface area contributed by atoms with Crippen LogP contribution < -0.4 is 5.32 Å². The maximum Gasteiger partial charge on any atom is 0.252 e. The van der Waals surface area contributed by atoms with Gasteiger partial charge in [0.05, 0.1) is 5.56 Å². The summed E-state index contributed by atoms with van der Waals surface area (Å²) in [5.41, 5.74) is 0.582. The molecule has 2 saturated heterocycles. The fraction of sp³-hybridized carbons (Fsp3) is 0.588. The highest BCUT2D eigenvalue weighted by Crippen LogP contribution is 2.21. The molecule has 2 amide bonds. The molecule has 0 bridgehead atoms. The van der Waals surface area contributed by atoms with Crippen LogP contribution in [0.2, 0.25) is 0 Å². The first-order valence-corrected chi connectivity index (χ1v) is 8.32. The number of hydrogen-bond acceptors (Lipinski definition) is 4. The van der Waals surface area contributed by atoms with Gasteiger partial charge >= 0.3 is 0 Å². The minimum Gasteiger partial charge on any atom is -0.368 e. The minimum atomic E-state index is -0.225. The Balaban J connectivity index is 1.41. The van der Waals surface area contributed by atoms with Gasteiger partial charge < -0.3 is 15.0 Å². The average Bonchev–Trinajstić information content (AvgIpc) is 3.15. The van der Waals surface area contributed by atoms with E-state index in [4.69, 9.17) is 4.74 Å². The minimum absolute atomic E-state index is 0.0871. The normalized spacial score (nSPS) is 22.1. The van der Waals surface area contributed by atoms with Crippen molar-refractivity contribution in [1.29, 1.82) is 0 Å². The number of pyridine rings is 1. The standard InChI is InChI=1S/C17H23N3O3/c21-16(14-3-1-7-18-12-14)19-11-13-5-8-20(9-6-13)17(22)15-4-2-10-23-15/h1,3,7,12-13,15H,2,4-6,8-11H2,(H,19,21). The molecule has 0 saturated carbocycles. The van der Waals surface area contributed by atoms with E-state index in [1.54, 1.807) is 24.5 Å². The van der Waals surface area contributed by atoms with Crippen LogP contribution in [0.1, 0.15) is 36.0 Å². The maximum atomic E-state index is 12.3. The number of nitrogens with one attached hydrogen (secondary N) is 1. The van der Waals surface area contributed by atoms with Gasteiger partial charge in [0.25, 0.3) is 11.8 Å². The number of amides is 2. The van der Waals surface area contributed by atoms with Gasteiger partial charge in [0.2, 0.25) is 0 Å². The molecule has 1 aromatic rings. The lowest BCUT2D eigenvalue weighted by atomic mass is 9.96. The van der Waals surface area contributed by atoms with Crippen LogP contribution in [0.25, 0.3) is 0 Å². The molecule has 6 nitrogen and oxygen atoms in total. The number of piperidine rings is 1. The summed E-state index contributed by atoms with van der Waals surface area (Å²) in [6.07, 6.45) is 6.66. The van der Waals surface area contributed by atoms with E-state index in [1.807, 2.05) is 4.90 Å². The second-order valence-electron chi connectivity index (χ2n) is 6.22. The Morgan fingerprint density at radius 3 is 2.78 bits per heavy atom. The fourth-order valence-corrected chi connectivity index (χ4v) is 3.17. The van der Waals surface area contributed by atoms with Gasteiger partial charge in [0.15, 0.2) is 0 Å². The van der Waals surface area contributed by atoms with E-state index < -0.39 is 0 Å². The highest BCUT2D eigenvalue weighted by atomic mass is 16.5. The number of likely N-dealkylation sites (tertiary alicyclic amines) is 1. The van der Waals surface area contributed by atoms with Gasteiger partial charge in [-0.1, -0.05) is 0 Å². The Bertz CT molecular complexity index is 535. The molecule has 0 radical (unpaired) electrons. The summed E-state index contributed by atoms with van der Waals surface area (Å²) >= 11 is 0. The molecule has 1 aromatic heterocycles. The van der Waals surface area contributed by atoms with Crippen LogP contribution in [-0.4, -0.2) is 54.0 Å². The second kappa shape index (κ2) is 7.55. The van der Waals surface area contributed by atoms with E-state index in [1.165, 1.54) is 0 Å². The molecule has 3 rings (SSSR count). The highest BCUT2D eigenvalue weighted by Gasteiger charge is 2.30. The van der Waals surface area contributed by atoms with Crippen molar-refractivity contribution < 1.29 is 14.3 Å². The number of aromatic nitrogens is 1. The predicted molar refractivity (Wildman–Crippen MR) is 84.8 cm³/mol. The molecule has 1 unspecified atom stereocenters. The summed E-state index contributed by atoms with van der Waals surface area (Å²) in [6, 6.07) is 3.51. The van der Waals surface area contributed by atoms with Crippen LogP contribution in [-0.2, 0) is 9.53 Å². The van der Waals surface area contributed by atoms with Crippen molar-refractivity contribution in [1.82, 2.24) is 15.2 Å². The molecule has 2 aliphatic rings. The molecule has 23 heavy (non-hydrogen) atoms. The Morgan fingerprint density at radius 1 is 1.30 bits per heavy atom. The van der Waals surface area contributed by atoms with Gasteiger partial charge in [-0.25, -0.2) is 0 Å². The molecule has 1 N–H and O–H groups in total. The Kier molecular flexibility index (Phi) is 5.23. The smallest absolute Gasteiger partial charge is 0.252 e. The van der Waals surface area contributed by atoms with E-state index in [-0.39, 0.29) is 17.9 Å². The first-order chi connectivity index (χ1) is 11.2. The molecule has 2 fully saturated rings. The van der Waals surface area contributed by atoms with Gasteiger partial charge in [-0.05, 0) is 43.7 Å². The SMILES string of the molecule is O=C(NCC1CCN(C(=O)C2CCCO2)CC1)c1cccnc1. The zero-order valence-corrected chi connectivity index (χ0v) is 13.2. The first-order valence-electron chi connectivity index (χ1n) is 8.32. The lowest BCUT2D eigenvalue weighted by Crippen LogP contribution is -2.45. The third kappa shape index (κ3) is 4.07. The third-order valence-electron chi connectivity index (χ3n) is 4.61. The molecule has 1 atom stereocenters. The number of rotatable bonds is 4.